The Morgan fingerprint density at radius 1 is 1.27 bits per heavy atom. The summed E-state index contributed by atoms with van der Waals surface area (Å²) in [5.41, 5.74) is 7.93. The van der Waals surface area contributed by atoms with E-state index in [1.165, 1.54) is 11.8 Å². The van der Waals surface area contributed by atoms with Gasteiger partial charge < -0.3 is 20.5 Å². The van der Waals surface area contributed by atoms with Crippen molar-refractivity contribution in [1.29, 1.82) is 0 Å². The van der Waals surface area contributed by atoms with E-state index in [1.807, 2.05) is 24.3 Å². The second kappa shape index (κ2) is 8.01. The smallest absolute Gasteiger partial charge is 0.410 e. The highest BCUT2D eigenvalue weighted by atomic mass is 16.5. The predicted molar refractivity (Wildman–Crippen MR) is 101 cm³/mol. The number of aromatic nitrogens is 1. The molecule has 1 aliphatic rings. The Hall–Kier alpha value is -2.86. The van der Waals surface area contributed by atoms with Gasteiger partial charge in [0.1, 0.15) is 5.75 Å². The van der Waals surface area contributed by atoms with E-state index in [9.17, 15) is 4.79 Å². The number of primary amides is 1. The topological polar surface area (TPSA) is 86.5 Å². The molecule has 26 heavy (non-hydrogen) atoms. The maximum Gasteiger partial charge on any atom is 0.410 e. The first-order valence-corrected chi connectivity index (χ1v) is 8.68. The average molecular weight is 353 g/mol. The average Bonchev–Trinajstić information content (AvgIpc) is 2.77. The van der Waals surface area contributed by atoms with Gasteiger partial charge in [-0.05, 0) is 48.7 Å². The Balaban J connectivity index is 1.74. The molecule has 1 aromatic heterocycles. The number of rotatable bonds is 6. The highest BCUT2D eigenvalue weighted by Gasteiger charge is 2.14. The second-order valence-electron chi connectivity index (χ2n) is 6.65. The number of amides is 1. The summed E-state index contributed by atoms with van der Waals surface area (Å²) in [5, 5.41) is 3.46. The van der Waals surface area contributed by atoms with Gasteiger partial charge in [0, 0.05) is 17.7 Å². The zero-order chi connectivity index (χ0) is 18.5. The number of hydrogen-bond donors (Lipinski definition) is 2. The van der Waals surface area contributed by atoms with Gasteiger partial charge in [0.2, 0.25) is 5.88 Å². The van der Waals surface area contributed by atoms with Crippen LogP contribution in [0.1, 0.15) is 37.0 Å². The number of pyridine rings is 1. The fourth-order valence-electron chi connectivity index (χ4n) is 2.66. The summed E-state index contributed by atoms with van der Waals surface area (Å²) < 4.78 is 10.8. The third-order valence-electron chi connectivity index (χ3n) is 4.02. The molecule has 1 amide bonds. The summed E-state index contributed by atoms with van der Waals surface area (Å²) >= 11 is 0. The molecule has 0 bridgehead atoms. The number of benzene rings is 1. The molecular weight excluding hydrogens is 330 g/mol. The first kappa shape index (κ1) is 17.9. The number of nitrogens with two attached hydrogens (primary N) is 1. The van der Waals surface area contributed by atoms with E-state index >= 15 is 0 Å². The van der Waals surface area contributed by atoms with Gasteiger partial charge in [-0.15, -0.1) is 0 Å². The van der Waals surface area contributed by atoms with Crippen molar-refractivity contribution in [3.8, 4) is 17.4 Å². The summed E-state index contributed by atoms with van der Waals surface area (Å²) in [7, 11) is 0. The molecular formula is C20H23N3O3. The van der Waals surface area contributed by atoms with Gasteiger partial charge in [0.25, 0.3) is 0 Å². The van der Waals surface area contributed by atoms with Crippen LogP contribution in [-0.2, 0) is 6.54 Å². The van der Waals surface area contributed by atoms with Gasteiger partial charge >= 0.3 is 6.09 Å². The van der Waals surface area contributed by atoms with Crippen molar-refractivity contribution in [3.05, 3.63) is 47.2 Å². The van der Waals surface area contributed by atoms with E-state index in [0.717, 1.165) is 36.4 Å². The molecule has 3 rings (SSSR count). The summed E-state index contributed by atoms with van der Waals surface area (Å²) in [4.78, 5) is 15.1. The monoisotopic (exact) mass is 353 g/mol. The van der Waals surface area contributed by atoms with Crippen LogP contribution >= 0.6 is 0 Å². The van der Waals surface area contributed by atoms with E-state index in [4.69, 9.17) is 15.2 Å². The summed E-state index contributed by atoms with van der Waals surface area (Å²) in [5.74, 6) is 2.17. The van der Waals surface area contributed by atoms with Crippen LogP contribution in [0.2, 0.25) is 0 Å². The first-order valence-electron chi connectivity index (χ1n) is 8.68. The Labute approximate surface area is 153 Å². The van der Waals surface area contributed by atoms with Crippen molar-refractivity contribution in [2.45, 2.75) is 26.8 Å². The number of fused-ring (bicyclic) bond motifs is 2. The van der Waals surface area contributed by atoms with Crippen molar-refractivity contribution < 1.29 is 14.3 Å². The minimum Gasteiger partial charge on any atom is -0.438 e. The number of ether oxygens (including phenoxy) is 2. The van der Waals surface area contributed by atoms with Crippen LogP contribution < -0.4 is 20.5 Å². The molecule has 0 fully saturated rings. The number of carbonyl (C=O) groups excluding carboxylic acids is 1. The molecule has 0 aliphatic carbocycles. The van der Waals surface area contributed by atoms with Gasteiger partial charge in [-0.2, -0.15) is 0 Å². The number of carbonyl (C=O) groups is 1. The normalized spacial score (nSPS) is 12.1. The lowest BCUT2D eigenvalue weighted by atomic mass is 10.1. The molecule has 6 nitrogen and oxygen atoms in total. The molecule has 2 aromatic rings. The minimum absolute atomic E-state index is 0.283. The summed E-state index contributed by atoms with van der Waals surface area (Å²) in [6.07, 6.45) is 5.55. The van der Waals surface area contributed by atoms with Crippen LogP contribution in [-0.4, -0.2) is 17.6 Å². The molecule has 0 saturated heterocycles. The van der Waals surface area contributed by atoms with Gasteiger partial charge in [-0.25, -0.2) is 9.78 Å². The maximum absolute atomic E-state index is 10.9. The van der Waals surface area contributed by atoms with Crippen LogP contribution in [0.3, 0.4) is 0 Å². The van der Waals surface area contributed by atoms with Crippen molar-refractivity contribution in [3.63, 3.8) is 0 Å². The highest BCUT2D eigenvalue weighted by molar-refractivity contribution is 5.78. The number of nitrogens with one attached hydrogen (secondary N) is 1. The summed E-state index contributed by atoms with van der Waals surface area (Å²) in [6, 6.07) is 7.76. The Bertz CT molecular complexity index is 831. The van der Waals surface area contributed by atoms with E-state index < -0.39 is 6.09 Å². The maximum atomic E-state index is 10.9. The van der Waals surface area contributed by atoms with Crippen molar-refractivity contribution in [2.75, 3.05) is 6.54 Å². The second-order valence-corrected chi connectivity index (χ2v) is 6.65. The van der Waals surface area contributed by atoms with Crippen molar-refractivity contribution in [1.82, 2.24) is 10.3 Å². The molecule has 0 spiro atoms. The highest BCUT2D eigenvalue weighted by Crippen LogP contribution is 2.34. The molecule has 3 N–H and O–H groups in total. The predicted octanol–water partition coefficient (Wildman–Crippen LogP) is 3.95. The van der Waals surface area contributed by atoms with Crippen LogP contribution in [0, 0.1) is 5.92 Å². The van der Waals surface area contributed by atoms with Crippen LogP contribution in [0.25, 0.3) is 12.2 Å². The Kier molecular flexibility index (Phi) is 5.53. The van der Waals surface area contributed by atoms with Gasteiger partial charge in [-0.3, -0.25) is 0 Å². The molecule has 0 saturated carbocycles. The molecule has 1 aliphatic heterocycles. The molecule has 0 unspecified atom stereocenters. The number of hydrogen-bond acceptors (Lipinski definition) is 5. The molecule has 6 heteroatoms. The standard InChI is InChI=1S/C20H23N3O3/c1-13(2)7-8-22-11-14-3-6-18-15(9-14)4-5-16-10-17(25-20(21)24)12-23-19(16)26-18/h3-6,9-10,12-13,22H,7-8,11H2,1-2H3,(H2,21,24). The van der Waals surface area contributed by atoms with Crippen LogP contribution in [0.4, 0.5) is 4.79 Å². The largest absolute Gasteiger partial charge is 0.438 e. The lowest BCUT2D eigenvalue weighted by molar-refractivity contribution is 0.210. The number of nitrogens with zero attached hydrogens (tertiary/aromatic N) is 1. The lowest BCUT2D eigenvalue weighted by Crippen LogP contribution is -2.16. The van der Waals surface area contributed by atoms with E-state index in [-0.39, 0.29) is 5.75 Å². The van der Waals surface area contributed by atoms with Crippen LogP contribution in [0.15, 0.2) is 30.5 Å². The Morgan fingerprint density at radius 3 is 2.85 bits per heavy atom. The minimum atomic E-state index is -0.872. The first-order chi connectivity index (χ1) is 12.5. The van der Waals surface area contributed by atoms with Crippen molar-refractivity contribution in [2.24, 2.45) is 11.7 Å². The molecule has 2 heterocycles. The molecule has 1 aromatic carbocycles. The molecule has 0 atom stereocenters. The fraction of sp³-hybridized carbons (Fsp3) is 0.300. The van der Waals surface area contributed by atoms with E-state index in [2.05, 4.69) is 30.2 Å². The third-order valence-corrected chi connectivity index (χ3v) is 4.02. The lowest BCUT2D eigenvalue weighted by Gasteiger charge is -2.11. The van der Waals surface area contributed by atoms with Gasteiger partial charge in [-0.1, -0.05) is 26.0 Å². The Morgan fingerprint density at radius 2 is 2.08 bits per heavy atom. The van der Waals surface area contributed by atoms with Gasteiger partial charge in [0.15, 0.2) is 5.75 Å². The quantitative estimate of drug-likeness (QED) is 0.655. The zero-order valence-electron chi connectivity index (χ0n) is 15.0. The fourth-order valence-corrected chi connectivity index (χ4v) is 2.66. The van der Waals surface area contributed by atoms with E-state index in [1.54, 1.807) is 6.07 Å². The third kappa shape index (κ3) is 4.61. The van der Waals surface area contributed by atoms with E-state index in [0.29, 0.717) is 11.8 Å². The molecule has 136 valence electrons. The molecule has 0 radical (unpaired) electrons. The van der Waals surface area contributed by atoms with Crippen molar-refractivity contribution >= 4 is 18.2 Å². The van der Waals surface area contributed by atoms with Crippen LogP contribution in [0.5, 0.6) is 17.4 Å². The SMILES string of the molecule is CC(C)CCNCc1ccc2c(c1)C=Cc1cc(OC(N)=O)cnc1O2. The zero-order valence-corrected chi connectivity index (χ0v) is 15.0. The summed E-state index contributed by atoms with van der Waals surface area (Å²) in [6.45, 7) is 6.25. The van der Waals surface area contributed by atoms with Gasteiger partial charge in [0.05, 0.1) is 6.20 Å².